The van der Waals surface area contributed by atoms with Crippen molar-refractivity contribution in [1.29, 1.82) is 0 Å². The SMILES string of the molecule is CCNC(=NCc1cccc(OCCN(C)CCOC)c1)NC1CCC(SC)C1. The molecule has 1 fully saturated rings. The van der Waals surface area contributed by atoms with Gasteiger partial charge in [0.2, 0.25) is 0 Å². The summed E-state index contributed by atoms with van der Waals surface area (Å²) in [4.78, 5) is 7.00. The third-order valence-corrected chi connectivity index (χ3v) is 6.23. The Morgan fingerprint density at radius 2 is 2.10 bits per heavy atom. The average Bonchev–Trinajstić information content (AvgIpc) is 3.18. The van der Waals surface area contributed by atoms with Crippen LogP contribution in [0, 0.1) is 0 Å². The number of guanidine groups is 1. The topological polar surface area (TPSA) is 58.1 Å². The minimum Gasteiger partial charge on any atom is -0.492 e. The molecule has 2 unspecified atom stereocenters. The number of likely N-dealkylation sites (N-methyl/N-ethyl adjacent to an activating group) is 1. The van der Waals surface area contributed by atoms with Gasteiger partial charge in [-0.25, -0.2) is 4.99 Å². The third kappa shape index (κ3) is 9.28. The van der Waals surface area contributed by atoms with Crippen LogP contribution in [0.3, 0.4) is 0 Å². The molecule has 1 aromatic carbocycles. The predicted octanol–water partition coefficient (Wildman–Crippen LogP) is 2.98. The van der Waals surface area contributed by atoms with Gasteiger partial charge in [0.05, 0.1) is 13.2 Å². The molecule has 1 aliphatic rings. The molecule has 29 heavy (non-hydrogen) atoms. The average molecular weight is 423 g/mol. The van der Waals surface area contributed by atoms with Gasteiger partial charge in [-0.1, -0.05) is 12.1 Å². The van der Waals surface area contributed by atoms with Crippen LogP contribution in [0.25, 0.3) is 0 Å². The highest BCUT2D eigenvalue weighted by molar-refractivity contribution is 7.99. The van der Waals surface area contributed by atoms with Gasteiger partial charge < -0.3 is 25.0 Å². The minimum absolute atomic E-state index is 0.523. The lowest BCUT2D eigenvalue weighted by atomic mass is 10.2. The highest BCUT2D eigenvalue weighted by Crippen LogP contribution is 2.28. The molecule has 0 bridgehead atoms. The van der Waals surface area contributed by atoms with Crippen LogP contribution in [0.5, 0.6) is 5.75 Å². The Bertz CT molecular complexity index is 614. The van der Waals surface area contributed by atoms with Crippen LogP contribution < -0.4 is 15.4 Å². The summed E-state index contributed by atoms with van der Waals surface area (Å²) in [6.45, 7) is 6.80. The molecule has 0 saturated heterocycles. The first kappa shape index (κ1) is 23.8. The van der Waals surface area contributed by atoms with Gasteiger partial charge in [-0.3, -0.25) is 0 Å². The zero-order chi connectivity index (χ0) is 20.9. The first-order valence-electron chi connectivity index (χ1n) is 10.6. The number of methoxy groups -OCH3 is 1. The van der Waals surface area contributed by atoms with Crippen LogP contribution in [-0.4, -0.2) is 75.4 Å². The van der Waals surface area contributed by atoms with E-state index < -0.39 is 0 Å². The molecule has 2 atom stereocenters. The molecule has 6 nitrogen and oxygen atoms in total. The van der Waals surface area contributed by atoms with E-state index in [-0.39, 0.29) is 0 Å². The summed E-state index contributed by atoms with van der Waals surface area (Å²) in [5.74, 6) is 1.81. The fraction of sp³-hybridized carbons (Fsp3) is 0.682. The minimum atomic E-state index is 0.523. The van der Waals surface area contributed by atoms with Gasteiger partial charge in [-0.15, -0.1) is 0 Å². The summed E-state index contributed by atoms with van der Waals surface area (Å²) in [5.41, 5.74) is 1.15. The molecule has 0 spiro atoms. The number of nitrogens with one attached hydrogen (secondary N) is 2. The maximum absolute atomic E-state index is 5.92. The molecule has 0 radical (unpaired) electrons. The second-order valence-electron chi connectivity index (χ2n) is 7.50. The molecule has 0 aromatic heterocycles. The van der Waals surface area contributed by atoms with Crippen LogP contribution in [0.15, 0.2) is 29.3 Å². The van der Waals surface area contributed by atoms with E-state index in [4.69, 9.17) is 14.5 Å². The monoisotopic (exact) mass is 422 g/mol. The Labute approximate surface area is 180 Å². The zero-order valence-corrected chi connectivity index (χ0v) is 19.3. The Morgan fingerprint density at radius 1 is 1.28 bits per heavy atom. The van der Waals surface area contributed by atoms with Crippen molar-refractivity contribution in [2.24, 2.45) is 4.99 Å². The van der Waals surface area contributed by atoms with Crippen LogP contribution in [0.1, 0.15) is 31.7 Å². The molecule has 2 N–H and O–H groups in total. The van der Waals surface area contributed by atoms with Crippen molar-refractivity contribution in [2.75, 3.05) is 53.3 Å². The number of thioether (sulfide) groups is 1. The molecule has 164 valence electrons. The lowest BCUT2D eigenvalue weighted by molar-refractivity contribution is 0.150. The van der Waals surface area contributed by atoms with Crippen molar-refractivity contribution in [3.05, 3.63) is 29.8 Å². The first-order chi connectivity index (χ1) is 14.1. The van der Waals surface area contributed by atoms with E-state index in [1.165, 1.54) is 19.3 Å². The van der Waals surface area contributed by atoms with E-state index in [0.717, 1.165) is 48.8 Å². The van der Waals surface area contributed by atoms with Gasteiger partial charge in [0, 0.05) is 38.0 Å². The van der Waals surface area contributed by atoms with Gasteiger partial charge in [0.1, 0.15) is 12.4 Å². The normalized spacial score (nSPS) is 19.6. The Balaban J connectivity index is 1.83. The van der Waals surface area contributed by atoms with Gasteiger partial charge in [0.25, 0.3) is 0 Å². The van der Waals surface area contributed by atoms with Crippen molar-refractivity contribution >= 4 is 17.7 Å². The molecule has 1 aliphatic carbocycles. The smallest absolute Gasteiger partial charge is 0.191 e. The molecule has 2 rings (SSSR count). The Morgan fingerprint density at radius 3 is 2.83 bits per heavy atom. The lowest BCUT2D eigenvalue weighted by Gasteiger charge is -2.17. The fourth-order valence-corrected chi connectivity index (χ4v) is 4.18. The standard InChI is InChI=1S/C22H38N4O2S/c1-5-23-22(25-19-9-10-21(16-19)29-4)24-17-18-7-6-8-20(15-18)28-14-12-26(2)11-13-27-3/h6-8,15,19,21H,5,9-14,16-17H2,1-4H3,(H2,23,24,25). The fourth-order valence-electron chi connectivity index (χ4n) is 3.38. The second-order valence-corrected chi connectivity index (χ2v) is 8.64. The van der Waals surface area contributed by atoms with Crippen LogP contribution in [-0.2, 0) is 11.3 Å². The third-order valence-electron chi connectivity index (χ3n) is 5.14. The summed E-state index contributed by atoms with van der Waals surface area (Å²) in [6.07, 6.45) is 5.93. The van der Waals surface area contributed by atoms with Gasteiger partial charge in [-0.2, -0.15) is 11.8 Å². The molecule has 0 amide bonds. The summed E-state index contributed by atoms with van der Waals surface area (Å²) in [5, 5.41) is 7.76. The van der Waals surface area contributed by atoms with Crippen LogP contribution in [0.2, 0.25) is 0 Å². The first-order valence-corrected chi connectivity index (χ1v) is 11.9. The number of hydrogen-bond acceptors (Lipinski definition) is 5. The van der Waals surface area contributed by atoms with Gasteiger partial charge in [0.15, 0.2) is 5.96 Å². The van der Waals surface area contributed by atoms with E-state index >= 15 is 0 Å². The second kappa shape index (κ2) is 13.7. The molecule has 0 heterocycles. The van der Waals surface area contributed by atoms with Crippen molar-refractivity contribution < 1.29 is 9.47 Å². The number of benzene rings is 1. The maximum atomic E-state index is 5.92. The van der Waals surface area contributed by atoms with Crippen LogP contribution >= 0.6 is 11.8 Å². The summed E-state index contributed by atoms with van der Waals surface area (Å²) >= 11 is 1.98. The lowest BCUT2D eigenvalue weighted by Crippen LogP contribution is -2.42. The van der Waals surface area contributed by atoms with E-state index in [9.17, 15) is 0 Å². The van der Waals surface area contributed by atoms with Crippen molar-refractivity contribution in [2.45, 2.75) is 44.0 Å². The van der Waals surface area contributed by atoms with Gasteiger partial charge in [-0.05, 0) is 57.2 Å². The highest BCUT2D eigenvalue weighted by Gasteiger charge is 2.24. The zero-order valence-electron chi connectivity index (χ0n) is 18.4. The molecule has 0 aliphatic heterocycles. The van der Waals surface area contributed by atoms with Crippen molar-refractivity contribution in [1.82, 2.24) is 15.5 Å². The Kier molecular flexibility index (Phi) is 11.3. The quantitative estimate of drug-likeness (QED) is 0.399. The van der Waals surface area contributed by atoms with Crippen LogP contribution in [0.4, 0.5) is 0 Å². The van der Waals surface area contributed by atoms with Crippen molar-refractivity contribution in [3.63, 3.8) is 0 Å². The highest BCUT2D eigenvalue weighted by atomic mass is 32.2. The summed E-state index contributed by atoms with van der Waals surface area (Å²) < 4.78 is 11.0. The van der Waals surface area contributed by atoms with E-state index in [1.54, 1.807) is 7.11 Å². The Hall–Kier alpha value is -1.44. The van der Waals surface area contributed by atoms with Gasteiger partial charge >= 0.3 is 0 Å². The largest absolute Gasteiger partial charge is 0.492 e. The number of aliphatic imine (C=N–C) groups is 1. The molecular weight excluding hydrogens is 384 g/mol. The molecule has 7 heteroatoms. The molecule has 1 aromatic rings. The predicted molar refractivity (Wildman–Crippen MR) is 124 cm³/mol. The maximum Gasteiger partial charge on any atom is 0.191 e. The van der Waals surface area contributed by atoms with E-state index in [1.807, 2.05) is 23.9 Å². The van der Waals surface area contributed by atoms with Crippen molar-refractivity contribution in [3.8, 4) is 5.75 Å². The summed E-state index contributed by atoms with van der Waals surface area (Å²) in [6, 6.07) is 8.75. The number of nitrogens with zero attached hydrogens (tertiary/aromatic N) is 2. The van der Waals surface area contributed by atoms with E-state index in [2.05, 4.69) is 47.9 Å². The number of rotatable bonds is 12. The van der Waals surface area contributed by atoms with E-state index in [0.29, 0.717) is 19.2 Å². The molecular formula is C22H38N4O2S. The molecule has 1 saturated carbocycles. The number of hydrogen-bond donors (Lipinski definition) is 2. The number of ether oxygens (including phenoxy) is 2. The summed E-state index contributed by atoms with van der Waals surface area (Å²) in [7, 11) is 3.80.